The van der Waals surface area contributed by atoms with Crippen molar-refractivity contribution in [2.24, 2.45) is 0 Å². The van der Waals surface area contributed by atoms with E-state index in [1.54, 1.807) is 0 Å². The maximum atomic E-state index is 2.55. The third-order valence-electron chi connectivity index (χ3n) is 14.5. The minimum atomic E-state index is 1.26. The second-order valence-electron chi connectivity index (χ2n) is 18.4. The number of benzene rings is 10. The summed E-state index contributed by atoms with van der Waals surface area (Å²) in [5.74, 6) is 0. The topological polar surface area (TPSA) is 4.41 Å². The summed E-state index contributed by atoms with van der Waals surface area (Å²) in [6, 6.07) is 62.7. The minimum absolute atomic E-state index is 1.26. The molecule has 1 aliphatic carbocycles. The van der Waals surface area contributed by atoms with E-state index in [1.807, 2.05) is 0 Å². The number of hydrogen-bond acceptors (Lipinski definition) is 0. The van der Waals surface area contributed by atoms with E-state index in [0.29, 0.717) is 0 Å². The fourth-order valence-electron chi connectivity index (χ4n) is 11.8. The fourth-order valence-corrected chi connectivity index (χ4v) is 11.8. The van der Waals surface area contributed by atoms with Gasteiger partial charge < -0.3 is 4.40 Å². The summed E-state index contributed by atoms with van der Waals surface area (Å²) < 4.78 is 2.55. The lowest BCUT2D eigenvalue weighted by atomic mass is 9.86. The van der Waals surface area contributed by atoms with Gasteiger partial charge in [-0.05, 0) is 224 Å². The van der Waals surface area contributed by atoms with Crippen LogP contribution >= 0.6 is 0 Å². The van der Waals surface area contributed by atoms with E-state index >= 15 is 0 Å². The molecule has 0 saturated heterocycles. The molecule has 0 bridgehead atoms. The van der Waals surface area contributed by atoms with Crippen LogP contribution in [0.5, 0.6) is 0 Å². The molecule has 63 heavy (non-hydrogen) atoms. The van der Waals surface area contributed by atoms with Crippen LogP contribution in [-0.4, -0.2) is 4.40 Å². The Bertz CT molecular complexity index is 3830. The van der Waals surface area contributed by atoms with Gasteiger partial charge in [0, 0.05) is 21.5 Å². The van der Waals surface area contributed by atoms with Crippen LogP contribution in [0.25, 0.3) is 104 Å². The van der Waals surface area contributed by atoms with Crippen LogP contribution in [0.15, 0.2) is 164 Å². The van der Waals surface area contributed by atoms with E-state index in [9.17, 15) is 0 Å². The third-order valence-corrected chi connectivity index (χ3v) is 14.5. The largest absolute Gasteiger partial charge is 0.308 e. The lowest BCUT2D eigenvalue weighted by molar-refractivity contribution is 1.34. The molecular weight excluding hydrogens is 759 g/mol. The fraction of sp³-hybridized carbons (Fsp3) is 0.0968. The van der Waals surface area contributed by atoms with Crippen LogP contribution in [0, 0.1) is 41.5 Å². The smallest absolute Gasteiger partial charge is 0.0620 e. The van der Waals surface area contributed by atoms with E-state index in [2.05, 4.69) is 210 Å². The molecule has 12 aromatic rings. The summed E-state index contributed by atoms with van der Waals surface area (Å²) in [4.78, 5) is 0. The highest BCUT2D eigenvalue weighted by Crippen LogP contribution is 2.54. The van der Waals surface area contributed by atoms with Crippen molar-refractivity contribution in [1.29, 1.82) is 0 Å². The van der Waals surface area contributed by atoms with Crippen LogP contribution in [0.2, 0.25) is 0 Å². The quantitative estimate of drug-likeness (QED) is 0.167. The van der Waals surface area contributed by atoms with Gasteiger partial charge in [-0.2, -0.15) is 0 Å². The van der Waals surface area contributed by atoms with Gasteiger partial charge in [-0.25, -0.2) is 0 Å². The van der Waals surface area contributed by atoms with Crippen LogP contribution in [0.4, 0.5) is 0 Å². The zero-order valence-corrected chi connectivity index (χ0v) is 36.5. The molecule has 0 radical (unpaired) electrons. The van der Waals surface area contributed by atoms with Crippen molar-refractivity contribution in [3.63, 3.8) is 0 Å². The highest BCUT2D eigenvalue weighted by molar-refractivity contribution is 6.29. The lowest BCUT2D eigenvalue weighted by Gasteiger charge is -2.17. The molecule has 298 valence electrons. The Morgan fingerprint density at radius 3 is 1.14 bits per heavy atom. The Morgan fingerprint density at radius 1 is 0.302 bits per heavy atom. The molecule has 0 fully saturated rings. The summed E-state index contributed by atoms with van der Waals surface area (Å²) >= 11 is 0. The zero-order chi connectivity index (χ0) is 42.4. The van der Waals surface area contributed by atoms with Gasteiger partial charge in [-0.15, -0.1) is 0 Å². The SMILES string of the molecule is Cc1cccc(C)c1C1=C(c2cc3c4cc5ccccc5cc4n4c5cc6ccccc6cc5c(c2)c34)c2cc(-c3c(C)cccc3C)cc3cc(-c4c(C)cccc4C)cc1c23. The first-order valence-corrected chi connectivity index (χ1v) is 22.3. The van der Waals surface area contributed by atoms with Crippen LogP contribution in [0.1, 0.15) is 55.6 Å². The number of aryl methyl sites for hydroxylation is 6. The first kappa shape index (κ1) is 36.2. The van der Waals surface area contributed by atoms with Crippen molar-refractivity contribution >= 4 is 81.6 Å². The standard InChI is InChI=1S/C62H45N/c1-34-14-11-15-35(2)56(34)45-24-44-25-46(57-36(3)16-12-17-37(57)4)31-53-59(44)52(30-45)60(61(53)58-38(5)18-13-19-39(58)6)47-28-50-48-26-40-20-7-9-22-42(40)32-54(48)63-55-33-43-23-10-8-21-41(43)27-49(55)51(29-47)62(50)63/h7-33H,1-6H3. The Hall–Kier alpha value is -7.48. The number of aromatic nitrogens is 1. The molecule has 0 N–H and O–H groups in total. The van der Waals surface area contributed by atoms with E-state index in [1.165, 1.54) is 159 Å². The van der Waals surface area contributed by atoms with Gasteiger partial charge in [0.05, 0.1) is 16.6 Å². The van der Waals surface area contributed by atoms with E-state index in [0.717, 1.165) is 0 Å². The Morgan fingerprint density at radius 2 is 0.698 bits per heavy atom. The molecule has 2 heterocycles. The van der Waals surface area contributed by atoms with Crippen LogP contribution < -0.4 is 0 Å². The van der Waals surface area contributed by atoms with Gasteiger partial charge in [0.25, 0.3) is 0 Å². The van der Waals surface area contributed by atoms with Crippen molar-refractivity contribution in [1.82, 2.24) is 4.40 Å². The molecule has 0 aliphatic heterocycles. The molecule has 10 aromatic carbocycles. The summed E-state index contributed by atoms with van der Waals surface area (Å²) in [5, 5.41) is 12.9. The van der Waals surface area contributed by atoms with Gasteiger partial charge in [0.1, 0.15) is 0 Å². The maximum Gasteiger partial charge on any atom is 0.0620 e. The minimum Gasteiger partial charge on any atom is -0.308 e. The van der Waals surface area contributed by atoms with E-state index in [-0.39, 0.29) is 0 Å². The summed E-state index contributed by atoms with van der Waals surface area (Å²) in [6.45, 7) is 13.6. The predicted octanol–water partition coefficient (Wildman–Crippen LogP) is 16.8. The van der Waals surface area contributed by atoms with Crippen LogP contribution in [-0.2, 0) is 0 Å². The van der Waals surface area contributed by atoms with E-state index in [4.69, 9.17) is 0 Å². The van der Waals surface area contributed by atoms with Crippen molar-refractivity contribution in [3.05, 3.63) is 219 Å². The van der Waals surface area contributed by atoms with Gasteiger partial charge in [-0.3, -0.25) is 0 Å². The van der Waals surface area contributed by atoms with E-state index < -0.39 is 0 Å². The highest BCUT2D eigenvalue weighted by Gasteiger charge is 2.32. The first-order chi connectivity index (χ1) is 30.7. The average molecular weight is 804 g/mol. The summed E-state index contributed by atoms with van der Waals surface area (Å²) in [7, 11) is 0. The van der Waals surface area contributed by atoms with Gasteiger partial charge >= 0.3 is 0 Å². The van der Waals surface area contributed by atoms with Gasteiger partial charge in [0.2, 0.25) is 0 Å². The lowest BCUT2D eigenvalue weighted by Crippen LogP contribution is -1.97. The zero-order valence-electron chi connectivity index (χ0n) is 36.5. The molecule has 1 heteroatoms. The summed E-state index contributed by atoms with van der Waals surface area (Å²) in [6.07, 6.45) is 0. The molecular formula is C62H45N. The number of hydrogen-bond donors (Lipinski definition) is 0. The molecule has 1 aliphatic rings. The predicted molar refractivity (Wildman–Crippen MR) is 271 cm³/mol. The highest BCUT2D eigenvalue weighted by atomic mass is 14.9. The molecule has 1 nitrogen and oxygen atoms in total. The second kappa shape index (κ2) is 13.0. The Balaban J connectivity index is 1.23. The molecule has 2 aromatic heterocycles. The number of fused-ring (bicyclic) bond motifs is 8. The first-order valence-electron chi connectivity index (χ1n) is 22.3. The molecule has 0 spiro atoms. The molecule has 0 saturated carbocycles. The van der Waals surface area contributed by atoms with Crippen molar-refractivity contribution in [3.8, 4) is 22.3 Å². The maximum absolute atomic E-state index is 2.55. The van der Waals surface area contributed by atoms with Gasteiger partial charge in [0.15, 0.2) is 0 Å². The summed E-state index contributed by atoms with van der Waals surface area (Å²) in [5.41, 5.74) is 24.6. The Labute approximate surface area is 367 Å². The monoisotopic (exact) mass is 803 g/mol. The molecule has 0 unspecified atom stereocenters. The molecule has 0 amide bonds. The van der Waals surface area contributed by atoms with Crippen molar-refractivity contribution in [2.45, 2.75) is 41.5 Å². The Kier molecular flexibility index (Phi) is 7.48. The third kappa shape index (κ3) is 5.05. The molecule has 13 rings (SSSR count). The normalized spacial score (nSPS) is 12.9. The van der Waals surface area contributed by atoms with Gasteiger partial charge in [-0.1, -0.05) is 103 Å². The van der Waals surface area contributed by atoms with Crippen molar-refractivity contribution in [2.75, 3.05) is 0 Å². The van der Waals surface area contributed by atoms with Crippen LogP contribution in [0.3, 0.4) is 0 Å². The number of nitrogens with zero attached hydrogens (tertiary/aromatic N) is 1. The van der Waals surface area contributed by atoms with Crippen molar-refractivity contribution < 1.29 is 0 Å². The average Bonchev–Trinajstić information content (AvgIpc) is 3.89. The second-order valence-corrected chi connectivity index (χ2v) is 18.4. The molecule has 0 atom stereocenters. The number of rotatable bonds is 4.